The van der Waals surface area contributed by atoms with Crippen molar-refractivity contribution >= 4 is 5.91 Å². The monoisotopic (exact) mass is 274 g/mol. The standard InChI is InChI=1S/C15H22N4O/c1-10-7-17-14(8-16-10)9-18-15(20)6-11-4-12-2-3-13(5-11)19-12/h7-8,11-13,19H,2-6,9H2,1H3,(H,18,20). The van der Waals surface area contributed by atoms with Gasteiger partial charge >= 0.3 is 0 Å². The number of hydrogen-bond acceptors (Lipinski definition) is 4. The summed E-state index contributed by atoms with van der Waals surface area (Å²) in [4.78, 5) is 20.4. The molecule has 2 N–H and O–H groups in total. The second-order valence-electron chi connectivity index (χ2n) is 6.11. The van der Waals surface area contributed by atoms with Gasteiger partial charge in [0.25, 0.3) is 0 Å². The molecule has 1 aromatic rings. The van der Waals surface area contributed by atoms with Crippen LogP contribution in [0.1, 0.15) is 43.5 Å². The van der Waals surface area contributed by atoms with Crippen LogP contribution in [0.3, 0.4) is 0 Å². The van der Waals surface area contributed by atoms with Gasteiger partial charge in [-0.1, -0.05) is 0 Å². The number of amides is 1. The Hall–Kier alpha value is -1.49. The first-order valence-electron chi connectivity index (χ1n) is 7.49. The molecule has 0 saturated carbocycles. The van der Waals surface area contributed by atoms with Crippen LogP contribution < -0.4 is 10.6 Å². The third kappa shape index (κ3) is 3.33. The second-order valence-corrected chi connectivity index (χ2v) is 6.11. The van der Waals surface area contributed by atoms with Gasteiger partial charge in [-0.15, -0.1) is 0 Å². The second kappa shape index (κ2) is 5.87. The minimum atomic E-state index is 0.138. The molecule has 2 fully saturated rings. The molecule has 0 radical (unpaired) electrons. The topological polar surface area (TPSA) is 66.9 Å². The van der Waals surface area contributed by atoms with Crippen LogP contribution in [0.25, 0.3) is 0 Å². The van der Waals surface area contributed by atoms with Crippen molar-refractivity contribution in [2.75, 3.05) is 0 Å². The van der Waals surface area contributed by atoms with Gasteiger partial charge < -0.3 is 10.6 Å². The van der Waals surface area contributed by atoms with E-state index < -0.39 is 0 Å². The first kappa shape index (κ1) is 13.5. The van der Waals surface area contributed by atoms with Gasteiger partial charge in [-0.2, -0.15) is 0 Å². The normalized spacial score (nSPS) is 28.4. The molecular weight excluding hydrogens is 252 g/mol. The predicted octanol–water partition coefficient (Wildman–Crippen LogP) is 1.32. The lowest BCUT2D eigenvalue weighted by Gasteiger charge is -2.28. The van der Waals surface area contributed by atoms with Crippen molar-refractivity contribution in [3.63, 3.8) is 0 Å². The molecule has 20 heavy (non-hydrogen) atoms. The quantitative estimate of drug-likeness (QED) is 0.869. The van der Waals surface area contributed by atoms with Gasteiger partial charge in [0.15, 0.2) is 0 Å². The summed E-state index contributed by atoms with van der Waals surface area (Å²) >= 11 is 0. The summed E-state index contributed by atoms with van der Waals surface area (Å²) in [5.41, 5.74) is 1.71. The number of fused-ring (bicyclic) bond motifs is 2. The Morgan fingerprint density at radius 2 is 2.05 bits per heavy atom. The predicted molar refractivity (Wildman–Crippen MR) is 75.9 cm³/mol. The van der Waals surface area contributed by atoms with Crippen LogP contribution in [-0.4, -0.2) is 28.0 Å². The summed E-state index contributed by atoms with van der Waals surface area (Å²) in [6, 6.07) is 1.30. The van der Waals surface area contributed by atoms with Crippen LogP contribution in [0.5, 0.6) is 0 Å². The fourth-order valence-corrected chi connectivity index (χ4v) is 3.38. The first-order chi connectivity index (χ1) is 9.69. The molecule has 108 valence electrons. The van der Waals surface area contributed by atoms with Gasteiger partial charge in [-0.05, 0) is 38.5 Å². The number of aromatic nitrogens is 2. The van der Waals surface area contributed by atoms with Crippen LogP contribution in [-0.2, 0) is 11.3 Å². The largest absolute Gasteiger partial charge is 0.350 e. The number of nitrogens with one attached hydrogen (secondary N) is 2. The molecule has 5 nitrogen and oxygen atoms in total. The minimum absolute atomic E-state index is 0.138. The van der Waals surface area contributed by atoms with Gasteiger partial charge in [0.1, 0.15) is 0 Å². The lowest BCUT2D eigenvalue weighted by atomic mass is 9.89. The summed E-state index contributed by atoms with van der Waals surface area (Å²) in [5.74, 6) is 0.677. The number of carbonyl (C=O) groups is 1. The number of nitrogens with zero attached hydrogens (tertiary/aromatic N) is 2. The fourth-order valence-electron chi connectivity index (χ4n) is 3.38. The van der Waals surface area contributed by atoms with Crippen LogP contribution >= 0.6 is 0 Å². The molecule has 1 amide bonds. The Labute approximate surface area is 119 Å². The third-order valence-electron chi connectivity index (χ3n) is 4.35. The molecule has 2 bridgehead atoms. The zero-order valence-electron chi connectivity index (χ0n) is 11.9. The Kier molecular flexibility index (Phi) is 3.96. The van der Waals surface area contributed by atoms with Crippen molar-refractivity contribution in [2.45, 2.75) is 57.7 Å². The summed E-state index contributed by atoms with van der Waals surface area (Å²) in [6.45, 7) is 2.38. The third-order valence-corrected chi connectivity index (χ3v) is 4.35. The maximum absolute atomic E-state index is 12.0. The van der Waals surface area contributed by atoms with Crippen molar-refractivity contribution in [1.29, 1.82) is 0 Å². The molecule has 3 rings (SSSR count). The highest BCUT2D eigenvalue weighted by atomic mass is 16.1. The zero-order valence-corrected chi connectivity index (χ0v) is 11.9. The van der Waals surface area contributed by atoms with E-state index in [0.717, 1.165) is 24.2 Å². The molecule has 0 aromatic carbocycles. The van der Waals surface area contributed by atoms with E-state index >= 15 is 0 Å². The van der Waals surface area contributed by atoms with E-state index in [2.05, 4.69) is 20.6 Å². The Balaban J connectivity index is 1.44. The van der Waals surface area contributed by atoms with E-state index in [9.17, 15) is 4.79 Å². The minimum Gasteiger partial charge on any atom is -0.350 e. The molecule has 2 aliphatic heterocycles. The number of carbonyl (C=O) groups excluding carboxylic acids is 1. The van der Waals surface area contributed by atoms with Gasteiger partial charge in [0.05, 0.1) is 24.1 Å². The van der Waals surface area contributed by atoms with E-state index in [1.54, 1.807) is 12.4 Å². The molecule has 5 heteroatoms. The number of aryl methyl sites for hydroxylation is 1. The Bertz CT molecular complexity index is 461. The lowest BCUT2D eigenvalue weighted by Crippen LogP contribution is -2.39. The van der Waals surface area contributed by atoms with Crippen molar-refractivity contribution in [1.82, 2.24) is 20.6 Å². The Morgan fingerprint density at radius 3 is 2.70 bits per heavy atom. The van der Waals surface area contributed by atoms with Crippen molar-refractivity contribution in [2.24, 2.45) is 5.92 Å². The molecule has 2 aliphatic rings. The Morgan fingerprint density at radius 1 is 1.30 bits per heavy atom. The molecule has 2 unspecified atom stereocenters. The zero-order chi connectivity index (χ0) is 13.9. The molecular formula is C15H22N4O. The highest BCUT2D eigenvalue weighted by molar-refractivity contribution is 5.76. The number of hydrogen-bond donors (Lipinski definition) is 2. The van der Waals surface area contributed by atoms with Crippen LogP contribution in [0, 0.1) is 12.8 Å². The maximum Gasteiger partial charge on any atom is 0.220 e. The number of rotatable bonds is 4. The maximum atomic E-state index is 12.0. The molecule has 1 aromatic heterocycles. The van der Waals surface area contributed by atoms with Gasteiger partial charge in [-0.3, -0.25) is 14.8 Å². The van der Waals surface area contributed by atoms with E-state index in [4.69, 9.17) is 0 Å². The van der Waals surface area contributed by atoms with E-state index in [-0.39, 0.29) is 5.91 Å². The molecule has 2 atom stereocenters. The molecule has 2 saturated heterocycles. The highest BCUT2D eigenvalue weighted by Gasteiger charge is 2.34. The van der Waals surface area contributed by atoms with Gasteiger partial charge in [-0.25, -0.2) is 0 Å². The first-order valence-corrected chi connectivity index (χ1v) is 7.49. The summed E-state index contributed by atoms with van der Waals surface area (Å²) in [7, 11) is 0. The van der Waals surface area contributed by atoms with Crippen molar-refractivity contribution < 1.29 is 4.79 Å². The SMILES string of the molecule is Cc1cnc(CNC(=O)CC2CC3CCC(C2)N3)cn1. The van der Waals surface area contributed by atoms with Crippen LogP contribution in [0.15, 0.2) is 12.4 Å². The van der Waals surface area contributed by atoms with Crippen LogP contribution in [0.4, 0.5) is 0 Å². The van der Waals surface area contributed by atoms with E-state index in [1.807, 2.05) is 6.92 Å². The summed E-state index contributed by atoms with van der Waals surface area (Å²) in [5, 5.41) is 6.56. The molecule has 0 spiro atoms. The van der Waals surface area contributed by atoms with Crippen molar-refractivity contribution in [3.05, 3.63) is 23.8 Å². The molecule has 0 aliphatic carbocycles. The fraction of sp³-hybridized carbons (Fsp3) is 0.667. The number of piperidine rings is 1. The van der Waals surface area contributed by atoms with E-state index in [0.29, 0.717) is 31.0 Å². The van der Waals surface area contributed by atoms with Gasteiger partial charge in [0.2, 0.25) is 5.91 Å². The summed E-state index contributed by atoms with van der Waals surface area (Å²) in [6.07, 6.45) is 8.95. The average molecular weight is 274 g/mol. The van der Waals surface area contributed by atoms with Crippen LogP contribution in [0.2, 0.25) is 0 Å². The smallest absolute Gasteiger partial charge is 0.220 e. The highest BCUT2D eigenvalue weighted by Crippen LogP contribution is 2.32. The van der Waals surface area contributed by atoms with Crippen molar-refractivity contribution in [3.8, 4) is 0 Å². The summed E-state index contributed by atoms with van der Waals surface area (Å²) < 4.78 is 0. The molecule has 3 heterocycles. The van der Waals surface area contributed by atoms with Gasteiger partial charge in [0, 0.05) is 24.7 Å². The average Bonchev–Trinajstić information content (AvgIpc) is 2.77. The van der Waals surface area contributed by atoms with E-state index in [1.165, 1.54) is 12.8 Å². The lowest BCUT2D eigenvalue weighted by molar-refractivity contribution is -0.122.